The van der Waals surface area contributed by atoms with Gasteiger partial charge in [0, 0.05) is 24.7 Å². The number of hydrogen-bond acceptors (Lipinski definition) is 1. The van der Waals surface area contributed by atoms with Gasteiger partial charge < -0.3 is 4.43 Å². The van der Waals surface area contributed by atoms with E-state index in [9.17, 15) is 0 Å². The molecule has 0 unspecified atom stereocenters. The van der Waals surface area contributed by atoms with Crippen LogP contribution in [0.15, 0.2) is 0 Å². The molecule has 0 aromatic heterocycles. The third-order valence-corrected chi connectivity index (χ3v) is 7.95. The van der Waals surface area contributed by atoms with Crippen molar-refractivity contribution in [1.29, 1.82) is 0 Å². The van der Waals surface area contributed by atoms with Gasteiger partial charge in [-0.15, -0.1) is 34.8 Å². The number of halogens is 3. The highest BCUT2D eigenvalue weighted by molar-refractivity contribution is 6.75. The lowest BCUT2D eigenvalue weighted by Crippen LogP contribution is -2.38. The average molecular weight is 250 g/mol. The van der Waals surface area contributed by atoms with Gasteiger partial charge in [0.05, 0.1) is 0 Å². The quantitative estimate of drug-likeness (QED) is 0.497. The Morgan fingerprint density at radius 1 is 0.917 bits per heavy atom. The van der Waals surface area contributed by atoms with Crippen LogP contribution in [0.2, 0.25) is 18.1 Å². The van der Waals surface area contributed by atoms with Crippen molar-refractivity contribution in [3.8, 4) is 0 Å². The number of alkyl halides is 3. The molecule has 0 amide bonds. The molecule has 0 aliphatic carbocycles. The van der Waals surface area contributed by atoms with Crippen molar-refractivity contribution < 1.29 is 4.43 Å². The Balaban J connectivity index is 4.06. The first-order valence-corrected chi connectivity index (χ1v) is 8.11. The third kappa shape index (κ3) is 4.33. The zero-order valence-corrected chi connectivity index (χ0v) is 10.6. The van der Waals surface area contributed by atoms with Gasteiger partial charge >= 0.3 is 0 Å². The van der Waals surface area contributed by atoms with E-state index in [1.54, 1.807) is 7.11 Å². The molecule has 0 fully saturated rings. The van der Waals surface area contributed by atoms with Crippen LogP contribution in [0.25, 0.3) is 0 Å². The molecule has 0 saturated heterocycles. The van der Waals surface area contributed by atoms with E-state index in [-0.39, 0.29) is 0 Å². The Kier molecular flexibility index (Phi) is 8.10. The summed E-state index contributed by atoms with van der Waals surface area (Å²) >= 11 is 17.1. The fraction of sp³-hybridized carbons (Fsp3) is 1.00. The lowest BCUT2D eigenvalue weighted by molar-refractivity contribution is 0.394. The van der Waals surface area contributed by atoms with E-state index >= 15 is 0 Å². The van der Waals surface area contributed by atoms with Crippen LogP contribution in [0.5, 0.6) is 0 Å². The molecule has 5 heteroatoms. The maximum atomic E-state index is 5.70. The van der Waals surface area contributed by atoms with E-state index < -0.39 is 8.32 Å². The summed E-state index contributed by atoms with van der Waals surface area (Å²) in [6.07, 6.45) is 0. The fourth-order valence-electron chi connectivity index (χ4n) is 1.20. The van der Waals surface area contributed by atoms with E-state index in [1.165, 1.54) is 0 Å². The molecular formula is C7H15Cl3OSi. The standard InChI is InChI=1S/C7H15Cl3OSi/c1-11-12(5-2-8,6-3-9)7-4-10/h2-7H2,1H3. The Morgan fingerprint density at radius 2 is 1.25 bits per heavy atom. The monoisotopic (exact) mass is 248 g/mol. The molecule has 0 aliphatic rings. The Bertz CT molecular complexity index is 95.8. The molecule has 0 aromatic carbocycles. The molecule has 1 nitrogen and oxygen atoms in total. The van der Waals surface area contributed by atoms with Crippen LogP contribution in [0.1, 0.15) is 0 Å². The number of rotatable bonds is 7. The SMILES string of the molecule is CO[Si](CCCl)(CCCl)CCCl. The van der Waals surface area contributed by atoms with Gasteiger partial charge in [0.25, 0.3) is 0 Å². The van der Waals surface area contributed by atoms with Crippen molar-refractivity contribution in [1.82, 2.24) is 0 Å². The fourth-order valence-corrected chi connectivity index (χ4v) is 6.69. The summed E-state index contributed by atoms with van der Waals surface area (Å²) in [5.74, 6) is 1.94. The average Bonchev–Trinajstić information content (AvgIpc) is 2.06. The first kappa shape index (κ1) is 13.0. The van der Waals surface area contributed by atoms with Crippen LogP contribution in [-0.4, -0.2) is 33.1 Å². The highest BCUT2D eigenvalue weighted by atomic mass is 35.5. The normalized spacial score (nSPS) is 12.0. The minimum atomic E-state index is -1.67. The van der Waals surface area contributed by atoms with E-state index in [0.29, 0.717) is 17.6 Å². The van der Waals surface area contributed by atoms with Crippen LogP contribution in [-0.2, 0) is 4.43 Å². The van der Waals surface area contributed by atoms with E-state index in [0.717, 1.165) is 18.1 Å². The summed E-state index contributed by atoms with van der Waals surface area (Å²) in [5.41, 5.74) is 0. The van der Waals surface area contributed by atoms with Gasteiger partial charge in [-0.25, -0.2) is 0 Å². The van der Waals surface area contributed by atoms with Gasteiger partial charge in [0.15, 0.2) is 8.32 Å². The van der Waals surface area contributed by atoms with Crippen molar-refractivity contribution in [2.75, 3.05) is 24.7 Å². The molecular weight excluding hydrogens is 235 g/mol. The van der Waals surface area contributed by atoms with Gasteiger partial charge in [-0.2, -0.15) is 0 Å². The maximum absolute atomic E-state index is 5.70. The maximum Gasteiger partial charge on any atom is 0.195 e. The van der Waals surface area contributed by atoms with E-state index in [2.05, 4.69) is 0 Å². The van der Waals surface area contributed by atoms with Gasteiger partial charge in [0.1, 0.15) is 0 Å². The largest absolute Gasteiger partial charge is 0.420 e. The second-order valence-corrected chi connectivity index (χ2v) is 8.11. The second-order valence-electron chi connectivity index (χ2n) is 2.70. The van der Waals surface area contributed by atoms with Crippen LogP contribution >= 0.6 is 34.8 Å². The van der Waals surface area contributed by atoms with Crippen molar-refractivity contribution in [3.05, 3.63) is 0 Å². The van der Waals surface area contributed by atoms with Gasteiger partial charge in [-0.1, -0.05) is 0 Å². The Morgan fingerprint density at radius 3 is 1.42 bits per heavy atom. The highest BCUT2D eigenvalue weighted by Crippen LogP contribution is 2.23. The molecule has 0 aliphatic heterocycles. The zero-order valence-electron chi connectivity index (χ0n) is 7.28. The molecule has 0 aromatic rings. The first-order valence-electron chi connectivity index (χ1n) is 3.97. The Hall–Kier alpha value is 1.05. The summed E-state index contributed by atoms with van der Waals surface area (Å²) in [4.78, 5) is 0. The molecule has 0 atom stereocenters. The summed E-state index contributed by atoms with van der Waals surface area (Å²) in [6.45, 7) is 0. The molecule has 0 spiro atoms. The summed E-state index contributed by atoms with van der Waals surface area (Å²) < 4.78 is 5.54. The lowest BCUT2D eigenvalue weighted by atomic mass is 10.9. The minimum absolute atomic E-state index is 0.647. The predicted molar refractivity (Wildman–Crippen MR) is 59.3 cm³/mol. The smallest absolute Gasteiger partial charge is 0.195 e. The topological polar surface area (TPSA) is 9.23 Å². The molecule has 74 valence electrons. The molecule has 0 radical (unpaired) electrons. The van der Waals surface area contributed by atoms with E-state index in [1.807, 2.05) is 0 Å². The van der Waals surface area contributed by atoms with Crippen molar-refractivity contribution in [2.24, 2.45) is 0 Å². The van der Waals surface area contributed by atoms with Gasteiger partial charge in [0.2, 0.25) is 0 Å². The van der Waals surface area contributed by atoms with Crippen molar-refractivity contribution >= 4 is 43.1 Å². The molecule has 0 saturated carbocycles. The van der Waals surface area contributed by atoms with E-state index in [4.69, 9.17) is 39.2 Å². The molecule has 0 heterocycles. The lowest BCUT2D eigenvalue weighted by Gasteiger charge is -2.27. The molecule has 0 bridgehead atoms. The second kappa shape index (κ2) is 7.45. The minimum Gasteiger partial charge on any atom is -0.420 e. The van der Waals surface area contributed by atoms with Crippen molar-refractivity contribution in [3.63, 3.8) is 0 Å². The van der Waals surface area contributed by atoms with Crippen LogP contribution in [0.4, 0.5) is 0 Å². The first-order chi connectivity index (χ1) is 5.74. The van der Waals surface area contributed by atoms with Gasteiger partial charge in [-0.3, -0.25) is 0 Å². The summed E-state index contributed by atoms with van der Waals surface area (Å²) in [7, 11) is 0.0826. The van der Waals surface area contributed by atoms with Gasteiger partial charge in [-0.05, 0) is 18.1 Å². The third-order valence-electron chi connectivity index (χ3n) is 2.08. The van der Waals surface area contributed by atoms with Crippen LogP contribution in [0, 0.1) is 0 Å². The Labute approximate surface area is 90.5 Å². The molecule has 0 rings (SSSR count). The molecule has 12 heavy (non-hydrogen) atoms. The van der Waals surface area contributed by atoms with Crippen LogP contribution in [0.3, 0.4) is 0 Å². The predicted octanol–water partition coefficient (Wildman–Crippen LogP) is 3.29. The highest BCUT2D eigenvalue weighted by Gasteiger charge is 2.31. The summed E-state index contributed by atoms with van der Waals surface area (Å²) in [6, 6.07) is 2.85. The zero-order chi connectivity index (χ0) is 9.45. The van der Waals surface area contributed by atoms with Crippen molar-refractivity contribution in [2.45, 2.75) is 18.1 Å². The van der Waals surface area contributed by atoms with Crippen LogP contribution < -0.4 is 0 Å². The molecule has 0 N–H and O–H groups in total. The number of hydrogen-bond donors (Lipinski definition) is 0. The summed E-state index contributed by atoms with van der Waals surface area (Å²) in [5, 5.41) is 0.